The van der Waals surface area contributed by atoms with Crippen LogP contribution >= 0.6 is 0 Å². The predicted molar refractivity (Wildman–Crippen MR) is 47.9 cm³/mol. The van der Waals surface area contributed by atoms with Gasteiger partial charge in [0, 0.05) is 13.1 Å². The van der Waals surface area contributed by atoms with E-state index in [2.05, 4.69) is 0 Å². The van der Waals surface area contributed by atoms with E-state index in [-0.39, 0.29) is 19.4 Å². The highest BCUT2D eigenvalue weighted by Crippen LogP contribution is 2.28. The SMILES string of the molecule is O=C(O)[C@H]1CCCN(C(=O)C(F)(F)C(F)F)C1. The summed E-state index contributed by atoms with van der Waals surface area (Å²) in [5.74, 6) is -8.94. The Kier molecular flexibility index (Phi) is 3.94. The number of alkyl halides is 4. The number of carboxylic acid groups (broad SMARTS) is 1. The van der Waals surface area contributed by atoms with Gasteiger partial charge in [0.15, 0.2) is 0 Å². The fourth-order valence-corrected chi connectivity index (χ4v) is 1.67. The van der Waals surface area contributed by atoms with E-state index < -0.39 is 36.7 Å². The van der Waals surface area contributed by atoms with Gasteiger partial charge in [-0.15, -0.1) is 0 Å². The van der Waals surface area contributed by atoms with Gasteiger partial charge in [-0.1, -0.05) is 0 Å². The highest BCUT2D eigenvalue weighted by Gasteiger charge is 2.51. The highest BCUT2D eigenvalue weighted by atomic mass is 19.3. The molecule has 0 unspecified atom stereocenters. The number of halogens is 4. The quantitative estimate of drug-likeness (QED) is 0.773. The maximum Gasteiger partial charge on any atom is 0.383 e. The van der Waals surface area contributed by atoms with Crippen LogP contribution in [0.1, 0.15) is 12.8 Å². The van der Waals surface area contributed by atoms with Crippen LogP contribution in [0.25, 0.3) is 0 Å². The van der Waals surface area contributed by atoms with Crippen LogP contribution in [0.2, 0.25) is 0 Å². The van der Waals surface area contributed by atoms with Gasteiger partial charge in [-0.25, -0.2) is 8.78 Å². The Bertz CT molecular complexity index is 321. The van der Waals surface area contributed by atoms with Crippen molar-refractivity contribution in [1.82, 2.24) is 4.90 Å². The van der Waals surface area contributed by atoms with Crippen LogP contribution in [0.3, 0.4) is 0 Å². The van der Waals surface area contributed by atoms with Crippen LogP contribution in [-0.2, 0) is 9.59 Å². The number of aliphatic carboxylic acids is 1. The third-order valence-corrected chi connectivity index (χ3v) is 2.62. The normalized spacial score (nSPS) is 21.7. The van der Waals surface area contributed by atoms with Gasteiger partial charge in [-0.2, -0.15) is 8.78 Å². The monoisotopic (exact) mass is 257 g/mol. The molecule has 0 aromatic heterocycles. The van der Waals surface area contributed by atoms with E-state index in [1.807, 2.05) is 0 Å². The van der Waals surface area contributed by atoms with E-state index in [0.29, 0.717) is 4.90 Å². The number of hydrogen-bond donors (Lipinski definition) is 1. The molecule has 0 aromatic carbocycles. The van der Waals surface area contributed by atoms with Crippen molar-refractivity contribution in [3.05, 3.63) is 0 Å². The molecule has 8 heteroatoms. The molecule has 1 N–H and O–H groups in total. The van der Waals surface area contributed by atoms with Crippen LogP contribution in [0.4, 0.5) is 17.6 Å². The number of amides is 1. The first kappa shape index (κ1) is 13.7. The number of carbonyl (C=O) groups excluding carboxylic acids is 1. The van der Waals surface area contributed by atoms with Crippen LogP contribution < -0.4 is 0 Å². The van der Waals surface area contributed by atoms with Gasteiger partial charge in [0.05, 0.1) is 5.92 Å². The molecule has 1 aliphatic heterocycles. The van der Waals surface area contributed by atoms with Crippen LogP contribution in [0.5, 0.6) is 0 Å². The molecule has 1 atom stereocenters. The topological polar surface area (TPSA) is 57.6 Å². The Hall–Kier alpha value is -1.34. The van der Waals surface area contributed by atoms with Crippen molar-refractivity contribution < 1.29 is 32.3 Å². The summed E-state index contributed by atoms with van der Waals surface area (Å²) in [6.45, 7) is -0.568. The number of carboxylic acids is 1. The summed E-state index contributed by atoms with van der Waals surface area (Å²) in [6, 6.07) is 0. The van der Waals surface area contributed by atoms with Crippen molar-refractivity contribution in [2.24, 2.45) is 5.92 Å². The summed E-state index contributed by atoms with van der Waals surface area (Å²) in [7, 11) is 0. The molecule has 0 saturated carbocycles. The molecule has 4 nitrogen and oxygen atoms in total. The first-order valence-corrected chi connectivity index (χ1v) is 4.95. The average Bonchev–Trinajstić information content (AvgIpc) is 2.27. The van der Waals surface area contributed by atoms with Gasteiger partial charge < -0.3 is 10.0 Å². The molecule has 1 heterocycles. The Morgan fingerprint density at radius 2 is 1.94 bits per heavy atom. The number of rotatable bonds is 3. The Labute approximate surface area is 94.2 Å². The molecular weight excluding hydrogens is 246 g/mol. The molecule has 0 radical (unpaired) electrons. The smallest absolute Gasteiger partial charge is 0.383 e. The second kappa shape index (κ2) is 4.89. The maximum absolute atomic E-state index is 12.8. The van der Waals surface area contributed by atoms with Crippen LogP contribution in [0, 0.1) is 5.92 Å². The number of hydrogen-bond acceptors (Lipinski definition) is 2. The van der Waals surface area contributed by atoms with E-state index in [4.69, 9.17) is 5.11 Å². The van der Waals surface area contributed by atoms with Gasteiger partial charge in [0.2, 0.25) is 0 Å². The van der Waals surface area contributed by atoms with Gasteiger partial charge in [-0.3, -0.25) is 9.59 Å². The molecule has 0 bridgehead atoms. The van der Waals surface area contributed by atoms with Gasteiger partial charge in [0.25, 0.3) is 5.91 Å². The van der Waals surface area contributed by atoms with Crippen LogP contribution in [0.15, 0.2) is 0 Å². The molecule has 17 heavy (non-hydrogen) atoms. The zero-order chi connectivity index (χ0) is 13.2. The van der Waals surface area contributed by atoms with E-state index in [1.165, 1.54) is 0 Å². The van der Waals surface area contributed by atoms with E-state index in [0.717, 1.165) is 0 Å². The third kappa shape index (κ3) is 2.86. The van der Waals surface area contributed by atoms with Gasteiger partial charge in [-0.05, 0) is 12.8 Å². The zero-order valence-corrected chi connectivity index (χ0v) is 8.71. The van der Waals surface area contributed by atoms with Crippen LogP contribution in [-0.4, -0.2) is 47.3 Å². The molecule has 1 aliphatic rings. The zero-order valence-electron chi connectivity index (χ0n) is 8.71. The largest absolute Gasteiger partial charge is 0.481 e. The Morgan fingerprint density at radius 1 is 1.35 bits per heavy atom. The second-order valence-electron chi connectivity index (χ2n) is 3.85. The summed E-state index contributed by atoms with van der Waals surface area (Å²) < 4.78 is 49.4. The molecule has 1 amide bonds. The molecule has 1 rings (SSSR count). The summed E-state index contributed by atoms with van der Waals surface area (Å²) in [6.07, 6.45) is -3.62. The molecule has 0 aliphatic carbocycles. The first-order valence-electron chi connectivity index (χ1n) is 4.95. The van der Waals surface area contributed by atoms with Crippen molar-refractivity contribution >= 4 is 11.9 Å². The fraction of sp³-hybridized carbons (Fsp3) is 0.778. The van der Waals surface area contributed by atoms with Crippen molar-refractivity contribution in [1.29, 1.82) is 0 Å². The molecule has 0 aromatic rings. The summed E-state index contributed by atoms with van der Waals surface area (Å²) in [4.78, 5) is 22.3. The molecule has 1 saturated heterocycles. The third-order valence-electron chi connectivity index (χ3n) is 2.62. The molecule has 98 valence electrons. The Morgan fingerprint density at radius 3 is 2.41 bits per heavy atom. The fourth-order valence-electron chi connectivity index (χ4n) is 1.67. The lowest BCUT2D eigenvalue weighted by atomic mass is 9.98. The lowest BCUT2D eigenvalue weighted by Gasteiger charge is -2.32. The minimum absolute atomic E-state index is 0.120. The lowest BCUT2D eigenvalue weighted by Crippen LogP contribution is -2.51. The standard InChI is InChI=1S/C9H11F4NO3/c10-7(11)9(12,13)8(17)14-3-1-2-5(4-14)6(15)16/h5,7H,1-4H2,(H,15,16)/t5-/m0/s1. The van der Waals surface area contributed by atoms with E-state index in [9.17, 15) is 27.2 Å². The van der Waals surface area contributed by atoms with Crippen molar-refractivity contribution in [2.45, 2.75) is 25.2 Å². The Balaban J connectivity index is 2.73. The number of carbonyl (C=O) groups is 2. The van der Waals surface area contributed by atoms with Crippen molar-refractivity contribution in [3.63, 3.8) is 0 Å². The van der Waals surface area contributed by atoms with Gasteiger partial charge in [0.1, 0.15) is 0 Å². The summed E-state index contributed by atoms with van der Waals surface area (Å²) >= 11 is 0. The minimum atomic E-state index is -4.75. The van der Waals surface area contributed by atoms with E-state index >= 15 is 0 Å². The average molecular weight is 257 g/mol. The van der Waals surface area contributed by atoms with E-state index in [1.54, 1.807) is 0 Å². The number of piperidine rings is 1. The summed E-state index contributed by atoms with van der Waals surface area (Å²) in [5.41, 5.74) is 0. The summed E-state index contributed by atoms with van der Waals surface area (Å²) in [5, 5.41) is 8.68. The molecular formula is C9H11F4NO3. The van der Waals surface area contributed by atoms with Crippen molar-refractivity contribution in [3.8, 4) is 0 Å². The number of nitrogens with zero attached hydrogens (tertiary/aromatic N) is 1. The minimum Gasteiger partial charge on any atom is -0.481 e. The highest BCUT2D eigenvalue weighted by molar-refractivity contribution is 5.84. The number of likely N-dealkylation sites (tertiary alicyclic amines) is 1. The van der Waals surface area contributed by atoms with Crippen molar-refractivity contribution in [2.75, 3.05) is 13.1 Å². The molecule has 0 spiro atoms. The second-order valence-corrected chi connectivity index (χ2v) is 3.85. The molecule has 1 fully saturated rings. The lowest BCUT2D eigenvalue weighted by molar-refractivity contribution is -0.182. The maximum atomic E-state index is 12.8. The first-order chi connectivity index (χ1) is 7.76. The van der Waals surface area contributed by atoms with Gasteiger partial charge >= 0.3 is 18.3 Å². The predicted octanol–water partition coefficient (Wildman–Crippen LogP) is 1.21.